The summed E-state index contributed by atoms with van der Waals surface area (Å²) in [5.41, 5.74) is 0. The van der Waals surface area contributed by atoms with Crippen LogP contribution in [0, 0.1) is 0 Å². The van der Waals surface area contributed by atoms with Crippen molar-refractivity contribution in [3.63, 3.8) is 0 Å². The quantitative estimate of drug-likeness (QED) is 0.461. The lowest BCUT2D eigenvalue weighted by Crippen LogP contribution is -1.99. The lowest BCUT2D eigenvalue weighted by molar-refractivity contribution is -0.0413. The van der Waals surface area contributed by atoms with Crippen LogP contribution in [0.4, 0.5) is 0 Å². The summed E-state index contributed by atoms with van der Waals surface area (Å²) in [5.74, 6) is 0. The molecule has 0 aromatic heterocycles. The fraction of sp³-hybridized carbons (Fsp3) is 1.00. The molecule has 4 heteroatoms. The Morgan fingerprint density at radius 3 is 1.57 bits per heavy atom. The summed E-state index contributed by atoms with van der Waals surface area (Å²) in [5, 5.41) is 15.8. The first-order valence-electron chi connectivity index (χ1n) is 1.63. The predicted octanol–water partition coefficient (Wildman–Crippen LogP) is -0.696. The number of halogens is 1. The van der Waals surface area contributed by atoms with Crippen LogP contribution in [0.2, 0.25) is 0 Å². The number of hydrogen-bond acceptors (Lipinski definition) is 2. The van der Waals surface area contributed by atoms with Crippen LogP contribution >= 0.6 is 12.4 Å². The average molecular weight is 131 g/mol. The van der Waals surface area contributed by atoms with Crippen LogP contribution in [0.1, 0.15) is 13.3 Å². The van der Waals surface area contributed by atoms with Crippen molar-refractivity contribution in [3.05, 3.63) is 0 Å². The van der Waals surface area contributed by atoms with Crippen LogP contribution in [-0.4, -0.2) is 22.0 Å². The fourth-order valence-corrected chi connectivity index (χ4v) is 0. The van der Waals surface area contributed by atoms with Crippen LogP contribution in [-0.2, 0) is 0 Å². The fourth-order valence-electron chi connectivity index (χ4n) is 0. The lowest BCUT2D eigenvalue weighted by atomic mass is 10.5. The van der Waals surface area contributed by atoms with E-state index in [1.54, 1.807) is 6.92 Å². The van der Waals surface area contributed by atoms with Gasteiger partial charge in [0.15, 0.2) is 6.29 Å². The van der Waals surface area contributed by atoms with Gasteiger partial charge in [-0.3, -0.25) is 0 Å². The zero-order valence-electron chi connectivity index (χ0n) is 4.09. The number of rotatable bonds is 1. The lowest BCUT2D eigenvalue weighted by Gasteiger charge is -1.90. The van der Waals surface area contributed by atoms with Gasteiger partial charge in [-0.05, 0) is 6.42 Å². The normalized spacial score (nSPS) is 6.86. The Morgan fingerprint density at radius 1 is 1.43 bits per heavy atom. The third-order valence-electron chi connectivity index (χ3n) is 0.365. The van der Waals surface area contributed by atoms with Crippen molar-refractivity contribution in [2.24, 2.45) is 0 Å². The Bertz CT molecular complexity index is 24.1. The second-order valence-electron chi connectivity index (χ2n) is 0.889. The van der Waals surface area contributed by atoms with Crippen molar-refractivity contribution in [1.29, 1.82) is 0 Å². The standard InChI is InChI=1S/C3H8O2.ClH.H2O/c1-2-3(4)5;;/h3-5H,2H2,1H3;1H;1H2. The maximum Gasteiger partial charge on any atom is 0.151 e. The summed E-state index contributed by atoms with van der Waals surface area (Å²) in [4.78, 5) is 0. The summed E-state index contributed by atoms with van der Waals surface area (Å²) < 4.78 is 0. The molecule has 0 rings (SSSR count). The van der Waals surface area contributed by atoms with Gasteiger partial charge in [0.05, 0.1) is 0 Å². The third-order valence-corrected chi connectivity index (χ3v) is 0.365. The summed E-state index contributed by atoms with van der Waals surface area (Å²) >= 11 is 0. The van der Waals surface area contributed by atoms with Gasteiger partial charge in [-0.25, -0.2) is 0 Å². The van der Waals surface area contributed by atoms with E-state index in [4.69, 9.17) is 10.2 Å². The largest absolute Gasteiger partial charge is 0.412 e. The van der Waals surface area contributed by atoms with E-state index in [9.17, 15) is 0 Å². The van der Waals surface area contributed by atoms with Gasteiger partial charge in [-0.15, -0.1) is 12.4 Å². The first-order chi connectivity index (χ1) is 2.27. The van der Waals surface area contributed by atoms with E-state index >= 15 is 0 Å². The van der Waals surface area contributed by atoms with Crippen LogP contribution in [0.5, 0.6) is 0 Å². The molecule has 0 bridgehead atoms. The molecule has 0 aliphatic rings. The Balaban J connectivity index is -0.0000000800. The van der Waals surface area contributed by atoms with E-state index < -0.39 is 6.29 Å². The molecule has 3 nitrogen and oxygen atoms in total. The molecule has 0 radical (unpaired) electrons. The molecular formula is C3H11ClO3. The molecule has 7 heavy (non-hydrogen) atoms. The van der Waals surface area contributed by atoms with Gasteiger partial charge in [0.2, 0.25) is 0 Å². The van der Waals surface area contributed by atoms with Crippen molar-refractivity contribution in [2.45, 2.75) is 19.6 Å². The van der Waals surface area contributed by atoms with Gasteiger partial charge < -0.3 is 15.7 Å². The van der Waals surface area contributed by atoms with Crippen molar-refractivity contribution in [3.8, 4) is 0 Å². The van der Waals surface area contributed by atoms with Crippen molar-refractivity contribution in [1.82, 2.24) is 0 Å². The molecule has 0 aromatic carbocycles. The van der Waals surface area contributed by atoms with E-state index in [0.29, 0.717) is 6.42 Å². The number of hydrogen-bond donors (Lipinski definition) is 2. The zero-order valence-corrected chi connectivity index (χ0v) is 4.90. The molecule has 0 saturated heterocycles. The maximum atomic E-state index is 7.92. The molecule has 0 fully saturated rings. The van der Waals surface area contributed by atoms with Gasteiger partial charge in [0.25, 0.3) is 0 Å². The topological polar surface area (TPSA) is 72.0 Å². The van der Waals surface area contributed by atoms with E-state index in [2.05, 4.69) is 0 Å². The van der Waals surface area contributed by atoms with Crippen molar-refractivity contribution >= 4 is 12.4 Å². The molecule has 0 aliphatic heterocycles. The van der Waals surface area contributed by atoms with Gasteiger partial charge in [-0.1, -0.05) is 6.92 Å². The Labute approximate surface area is 48.7 Å². The highest BCUT2D eigenvalue weighted by Crippen LogP contribution is 1.77. The molecule has 0 amide bonds. The van der Waals surface area contributed by atoms with Gasteiger partial charge in [0, 0.05) is 0 Å². The second-order valence-corrected chi connectivity index (χ2v) is 0.889. The summed E-state index contributed by atoms with van der Waals surface area (Å²) in [7, 11) is 0. The minimum absolute atomic E-state index is 0. The molecule has 0 aliphatic carbocycles. The Morgan fingerprint density at radius 2 is 1.57 bits per heavy atom. The Kier molecular flexibility index (Phi) is 21.3. The maximum absolute atomic E-state index is 7.92. The number of aliphatic hydroxyl groups is 2. The first-order valence-corrected chi connectivity index (χ1v) is 1.63. The van der Waals surface area contributed by atoms with E-state index in [0.717, 1.165) is 0 Å². The Hall–Kier alpha value is 0.170. The first kappa shape index (κ1) is 15.7. The molecule has 0 spiro atoms. The predicted molar refractivity (Wildman–Crippen MR) is 29.4 cm³/mol. The summed E-state index contributed by atoms with van der Waals surface area (Å²) in [6, 6.07) is 0. The highest BCUT2D eigenvalue weighted by Gasteiger charge is 1.83. The number of aliphatic hydroxyl groups excluding tert-OH is 1. The molecule has 4 N–H and O–H groups in total. The van der Waals surface area contributed by atoms with Crippen LogP contribution in [0.25, 0.3) is 0 Å². The van der Waals surface area contributed by atoms with E-state index in [1.165, 1.54) is 0 Å². The zero-order chi connectivity index (χ0) is 4.28. The molecule has 0 atom stereocenters. The minimum atomic E-state index is -1.12. The molecule has 0 unspecified atom stereocenters. The SMILES string of the molecule is CCC(O)O.Cl.O. The van der Waals surface area contributed by atoms with Crippen LogP contribution < -0.4 is 0 Å². The van der Waals surface area contributed by atoms with E-state index in [1.807, 2.05) is 0 Å². The molecule has 48 valence electrons. The second kappa shape index (κ2) is 9.48. The third kappa shape index (κ3) is 22.8. The minimum Gasteiger partial charge on any atom is -0.412 e. The molecule has 0 heterocycles. The van der Waals surface area contributed by atoms with Crippen LogP contribution in [0.3, 0.4) is 0 Å². The van der Waals surface area contributed by atoms with Gasteiger partial charge >= 0.3 is 0 Å². The smallest absolute Gasteiger partial charge is 0.151 e. The molecule has 0 saturated carbocycles. The monoisotopic (exact) mass is 130 g/mol. The molecular weight excluding hydrogens is 119 g/mol. The van der Waals surface area contributed by atoms with Crippen molar-refractivity contribution < 1.29 is 15.7 Å². The molecule has 0 aromatic rings. The average Bonchev–Trinajstić information content (AvgIpc) is 1.38. The van der Waals surface area contributed by atoms with Gasteiger partial charge in [-0.2, -0.15) is 0 Å². The van der Waals surface area contributed by atoms with Gasteiger partial charge in [0.1, 0.15) is 0 Å². The van der Waals surface area contributed by atoms with Crippen molar-refractivity contribution in [2.75, 3.05) is 0 Å². The summed E-state index contributed by atoms with van der Waals surface area (Å²) in [6.07, 6.45) is -0.699. The highest BCUT2D eigenvalue weighted by molar-refractivity contribution is 5.85. The summed E-state index contributed by atoms with van der Waals surface area (Å²) in [6.45, 7) is 1.70. The van der Waals surface area contributed by atoms with E-state index in [-0.39, 0.29) is 17.9 Å². The van der Waals surface area contributed by atoms with Crippen LogP contribution in [0.15, 0.2) is 0 Å². The highest BCUT2D eigenvalue weighted by atomic mass is 35.5.